The molecule has 0 saturated carbocycles. The molecule has 1 aromatic carbocycles. The van der Waals surface area contributed by atoms with E-state index in [0.717, 1.165) is 22.7 Å². The Morgan fingerprint density at radius 2 is 1.66 bits per heavy atom. The van der Waals surface area contributed by atoms with Crippen LogP contribution in [0.15, 0.2) is 46.3 Å². The second kappa shape index (κ2) is 13.5. The number of alkyl halides is 6. The number of allylic oxidation sites excluding steroid dienone is 1. The molecular weight excluding hydrogens is 584 g/mol. The summed E-state index contributed by atoms with van der Waals surface area (Å²) in [5.41, 5.74) is -2.74. The number of rotatable bonds is 6. The Morgan fingerprint density at radius 1 is 1.05 bits per heavy atom. The molecular formula is C25H25F6N3O6S. The summed E-state index contributed by atoms with van der Waals surface area (Å²) in [6, 6.07) is 1.81. The number of carboxylic acid groups (broad SMARTS) is 2. The van der Waals surface area contributed by atoms with E-state index in [0.29, 0.717) is 63.2 Å². The van der Waals surface area contributed by atoms with Gasteiger partial charge in [0.25, 0.3) is 5.24 Å². The van der Waals surface area contributed by atoms with Gasteiger partial charge in [0.15, 0.2) is 0 Å². The number of aliphatic carboxylic acids is 2. The van der Waals surface area contributed by atoms with Crippen molar-refractivity contribution in [2.45, 2.75) is 37.8 Å². The van der Waals surface area contributed by atoms with E-state index in [2.05, 4.69) is 10.3 Å². The van der Waals surface area contributed by atoms with Crippen LogP contribution in [-0.2, 0) is 33.2 Å². The van der Waals surface area contributed by atoms with Gasteiger partial charge in [-0.3, -0.25) is 14.7 Å². The van der Waals surface area contributed by atoms with Crippen molar-refractivity contribution >= 4 is 34.8 Å². The number of nitrogens with one attached hydrogen (secondary N) is 1. The standard InChI is InChI=1S/C21H21F6N3O2S.C4H4O4/c22-20(23,24)14-2-1-13(16(8-14)21(25,26)27)9-30-5-3-12(4-6-30)7-17-18(29-19(31)33-17)28-15-10-32-11-15;5-3(6)1-2-4(7)8/h1-2,7-8,12,15H,3-6,9-11H2,(H,28,29,31);1-2H,(H,5,6)(H,7,8)/b17-7-;2-1+. The first-order valence-electron chi connectivity index (χ1n) is 12.1. The van der Waals surface area contributed by atoms with Gasteiger partial charge in [-0.05, 0) is 61.3 Å². The first-order chi connectivity index (χ1) is 19.1. The molecule has 0 aromatic heterocycles. The first kappa shape index (κ1) is 32.1. The lowest BCUT2D eigenvalue weighted by Crippen LogP contribution is -2.35. The fraction of sp³-hybridized carbons (Fsp3) is 0.440. The molecule has 0 radical (unpaired) electrons. The van der Waals surface area contributed by atoms with Crippen LogP contribution in [0.3, 0.4) is 0 Å². The molecule has 9 nitrogen and oxygen atoms in total. The number of amides is 1. The van der Waals surface area contributed by atoms with E-state index in [9.17, 15) is 40.7 Å². The average Bonchev–Trinajstić information content (AvgIpc) is 3.19. The Hall–Kier alpha value is -3.37. The number of likely N-dealkylation sites (tertiary alicyclic amines) is 1. The van der Waals surface area contributed by atoms with Crippen molar-refractivity contribution in [3.8, 4) is 0 Å². The molecule has 0 atom stereocenters. The molecule has 0 unspecified atom stereocenters. The lowest BCUT2D eigenvalue weighted by atomic mass is 9.95. The van der Waals surface area contributed by atoms with Gasteiger partial charge in [0, 0.05) is 18.7 Å². The Bertz CT molecular complexity index is 1220. The average molecular weight is 610 g/mol. The van der Waals surface area contributed by atoms with Crippen LogP contribution >= 0.6 is 11.8 Å². The van der Waals surface area contributed by atoms with Gasteiger partial charge in [-0.15, -0.1) is 0 Å². The topological polar surface area (TPSA) is 129 Å². The van der Waals surface area contributed by atoms with Gasteiger partial charge in [0.1, 0.15) is 5.84 Å². The van der Waals surface area contributed by atoms with Crippen LogP contribution in [0.25, 0.3) is 0 Å². The third-order valence-corrected chi connectivity index (χ3v) is 6.95. The number of ether oxygens (including phenoxy) is 1. The number of thioether (sulfide) groups is 1. The number of carbonyl (C=O) groups is 3. The number of halogens is 6. The van der Waals surface area contributed by atoms with Crippen LogP contribution in [0.4, 0.5) is 31.1 Å². The van der Waals surface area contributed by atoms with Crippen molar-refractivity contribution in [3.05, 3.63) is 58.0 Å². The highest BCUT2D eigenvalue weighted by Gasteiger charge is 2.38. The molecule has 0 aliphatic carbocycles. The predicted octanol–water partition coefficient (Wildman–Crippen LogP) is 4.79. The predicted molar refractivity (Wildman–Crippen MR) is 135 cm³/mol. The first-order valence-corrected chi connectivity index (χ1v) is 12.9. The smallest absolute Gasteiger partial charge is 0.416 e. The molecule has 1 amide bonds. The summed E-state index contributed by atoms with van der Waals surface area (Å²) in [6.45, 7) is 1.92. The molecule has 0 spiro atoms. The summed E-state index contributed by atoms with van der Waals surface area (Å²) in [6.07, 6.45) is -5.32. The number of benzene rings is 1. The number of carbonyl (C=O) groups excluding carboxylic acids is 1. The highest BCUT2D eigenvalue weighted by Crippen LogP contribution is 2.38. The van der Waals surface area contributed by atoms with Crippen molar-refractivity contribution in [3.63, 3.8) is 0 Å². The largest absolute Gasteiger partial charge is 0.478 e. The molecule has 1 aromatic rings. The Balaban J connectivity index is 0.000000507. The fourth-order valence-electron chi connectivity index (χ4n) is 4.05. The summed E-state index contributed by atoms with van der Waals surface area (Å²) < 4.78 is 83.9. The second-order valence-corrected chi connectivity index (χ2v) is 10.2. The molecule has 3 fully saturated rings. The van der Waals surface area contributed by atoms with Crippen molar-refractivity contribution in [1.29, 1.82) is 0 Å². The zero-order chi connectivity index (χ0) is 30.4. The quantitative estimate of drug-likeness (QED) is 0.311. The SMILES string of the molecule is O=C(O)/C=C/C(=O)O.O=C1NC(=NC2COC2)/C(=C/C2CCN(Cc3ccc(C(F)(F)F)cc3C(F)(F)F)CC2)S1. The van der Waals surface area contributed by atoms with Crippen LogP contribution in [0, 0.1) is 5.92 Å². The number of hydrogen-bond donors (Lipinski definition) is 3. The number of hydrogen-bond acceptors (Lipinski definition) is 7. The summed E-state index contributed by atoms with van der Waals surface area (Å²) in [5.74, 6) is -1.87. The minimum atomic E-state index is -4.88. The molecule has 41 heavy (non-hydrogen) atoms. The zero-order valence-electron chi connectivity index (χ0n) is 21.2. The maximum Gasteiger partial charge on any atom is 0.416 e. The maximum atomic E-state index is 13.4. The van der Waals surface area contributed by atoms with Crippen molar-refractivity contribution in [1.82, 2.24) is 10.2 Å². The number of carboxylic acids is 2. The normalized spacial score (nSPS) is 21.1. The summed E-state index contributed by atoms with van der Waals surface area (Å²) in [5, 5.41) is 18.1. The Morgan fingerprint density at radius 3 is 2.15 bits per heavy atom. The highest BCUT2D eigenvalue weighted by molar-refractivity contribution is 8.18. The van der Waals surface area contributed by atoms with Crippen LogP contribution in [0.2, 0.25) is 0 Å². The van der Waals surface area contributed by atoms with Crippen LogP contribution in [0.5, 0.6) is 0 Å². The summed E-state index contributed by atoms with van der Waals surface area (Å²) in [4.78, 5) is 37.9. The van der Waals surface area contributed by atoms with Crippen molar-refractivity contribution in [2.75, 3.05) is 26.3 Å². The van der Waals surface area contributed by atoms with Gasteiger partial charge in [-0.1, -0.05) is 12.1 Å². The second-order valence-electron chi connectivity index (χ2n) is 9.21. The van der Waals surface area contributed by atoms with Gasteiger partial charge in [0.2, 0.25) is 0 Å². The third kappa shape index (κ3) is 9.89. The van der Waals surface area contributed by atoms with Gasteiger partial charge < -0.3 is 20.3 Å². The lowest BCUT2D eigenvalue weighted by Gasteiger charge is -2.31. The summed E-state index contributed by atoms with van der Waals surface area (Å²) >= 11 is 1.06. The number of piperidine rings is 1. The third-order valence-electron chi connectivity index (χ3n) is 6.11. The molecule has 3 saturated heterocycles. The van der Waals surface area contributed by atoms with E-state index >= 15 is 0 Å². The van der Waals surface area contributed by atoms with E-state index in [1.54, 1.807) is 4.90 Å². The minimum absolute atomic E-state index is 0.0239. The number of nitrogens with zero attached hydrogens (tertiary/aromatic N) is 2. The number of amidine groups is 1. The van der Waals surface area contributed by atoms with Gasteiger partial charge in [-0.2, -0.15) is 26.3 Å². The molecule has 224 valence electrons. The van der Waals surface area contributed by atoms with E-state index in [1.165, 1.54) is 0 Å². The van der Waals surface area contributed by atoms with E-state index in [-0.39, 0.29) is 35.4 Å². The van der Waals surface area contributed by atoms with E-state index < -0.39 is 35.4 Å². The van der Waals surface area contributed by atoms with Crippen LogP contribution in [0.1, 0.15) is 29.5 Å². The van der Waals surface area contributed by atoms with Crippen molar-refractivity contribution in [2.24, 2.45) is 10.9 Å². The monoisotopic (exact) mass is 609 g/mol. The molecule has 16 heteroatoms. The summed E-state index contributed by atoms with van der Waals surface area (Å²) in [7, 11) is 0. The van der Waals surface area contributed by atoms with E-state index in [1.807, 2.05) is 6.08 Å². The Labute approximate surface area is 233 Å². The van der Waals surface area contributed by atoms with Crippen LogP contribution < -0.4 is 5.32 Å². The molecule has 3 heterocycles. The highest BCUT2D eigenvalue weighted by atomic mass is 32.2. The molecule has 3 aliphatic rings. The Kier molecular flexibility index (Phi) is 10.6. The molecule has 3 aliphatic heterocycles. The maximum absolute atomic E-state index is 13.4. The van der Waals surface area contributed by atoms with Crippen molar-refractivity contribution < 1.29 is 55.7 Å². The molecule has 0 bridgehead atoms. The zero-order valence-corrected chi connectivity index (χ0v) is 22.0. The molecule has 4 rings (SSSR count). The molecule has 3 N–H and O–H groups in total. The fourth-order valence-corrected chi connectivity index (χ4v) is 4.86. The van der Waals surface area contributed by atoms with Gasteiger partial charge in [0.05, 0.1) is 35.3 Å². The van der Waals surface area contributed by atoms with Gasteiger partial charge >= 0.3 is 24.3 Å². The lowest BCUT2D eigenvalue weighted by molar-refractivity contribution is -0.143. The van der Waals surface area contributed by atoms with Gasteiger partial charge in [-0.25, -0.2) is 9.59 Å². The van der Waals surface area contributed by atoms with E-state index in [4.69, 9.17) is 14.9 Å². The number of aliphatic imine (C=N–C) groups is 1. The van der Waals surface area contributed by atoms with Crippen LogP contribution in [-0.4, -0.2) is 70.5 Å². The minimum Gasteiger partial charge on any atom is -0.478 e.